The van der Waals surface area contributed by atoms with Gasteiger partial charge in [0.25, 0.3) is 10.0 Å². The smallest absolute Gasteiger partial charge is 0.262 e. The molecule has 0 aromatic heterocycles. The van der Waals surface area contributed by atoms with E-state index in [4.69, 9.17) is 4.74 Å². The Bertz CT molecular complexity index is 1190. The van der Waals surface area contributed by atoms with E-state index in [1.807, 2.05) is 44.2 Å². The number of rotatable bonds is 7. The van der Waals surface area contributed by atoms with Gasteiger partial charge >= 0.3 is 0 Å². The average molecular weight is 439 g/mol. The second-order valence-electron chi connectivity index (χ2n) is 7.73. The highest BCUT2D eigenvalue weighted by atomic mass is 32.2. The summed E-state index contributed by atoms with van der Waals surface area (Å²) in [7, 11) is -2.43. The van der Waals surface area contributed by atoms with Gasteiger partial charge in [0, 0.05) is 5.69 Å². The monoisotopic (exact) mass is 438 g/mol. The van der Waals surface area contributed by atoms with Gasteiger partial charge in [-0.2, -0.15) is 0 Å². The van der Waals surface area contributed by atoms with Crippen molar-refractivity contribution in [2.75, 3.05) is 17.1 Å². The lowest BCUT2D eigenvalue weighted by atomic mass is 9.83. The molecule has 0 heterocycles. The summed E-state index contributed by atoms with van der Waals surface area (Å²) in [5, 5.41) is 2.85. The van der Waals surface area contributed by atoms with E-state index in [9.17, 15) is 13.2 Å². The first-order valence-corrected chi connectivity index (χ1v) is 11.3. The maximum Gasteiger partial charge on any atom is 0.262 e. The Morgan fingerprint density at radius 1 is 0.935 bits per heavy atom. The van der Waals surface area contributed by atoms with Crippen LogP contribution in [0.5, 0.6) is 5.75 Å². The van der Waals surface area contributed by atoms with Crippen LogP contribution in [0.25, 0.3) is 0 Å². The van der Waals surface area contributed by atoms with Gasteiger partial charge in [0.2, 0.25) is 5.91 Å². The molecule has 3 aromatic rings. The number of anilines is 2. The molecule has 3 rings (SSSR count). The minimum Gasteiger partial charge on any atom is -0.495 e. The molecule has 1 amide bonds. The molecule has 31 heavy (non-hydrogen) atoms. The zero-order valence-corrected chi connectivity index (χ0v) is 18.8. The van der Waals surface area contributed by atoms with Crippen molar-refractivity contribution in [3.8, 4) is 5.75 Å². The lowest BCUT2D eigenvalue weighted by molar-refractivity contribution is -0.120. The van der Waals surface area contributed by atoms with E-state index >= 15 is 0 Å². The maximum absolute atomic E-state index is 13.1. The van der Waals surface area contributed by atoms with E-state index < -0.39 is 15.4 Å². The van der Waals surface area contributed by atoms with Crippen molar-refractivity contribution in [1.82, 2.24) is 0 Å². The van der Waals surface area contributed by atoms with Gasteiger partial charge in [0.15, 0.2) is 0 Å². The van der Waals surface area contributed by atoms with Gasteiger partial charge in [-0.05, 0) is 56.2 Å². The van der Waals surface area contributed by atoms with Crippen LogP contribution in [0.15, 0.2) is 77.7 Å². The predicted octanol–water partition coefficient (Wildman–Crippen LogP) is 4.72. The van der Waals surface area contributed by atoms with Crippen molar-refractivity contribution in [3.05, 3.63) is 83.9 Å². The normalized spacial score (nSPS) is 11.6. The first-order valence-electron chi connectivity index (χ1n) is 9.78. The molecule has 0 spiro atoms. The summed E-state index contributed by atoms with van der Waals surface area (Å²) in [6.07, 6.45) is 0. The Labute approximate surface area is 183 Å². The molecule has 0 unspecified atom stereocenters. The lowest BCUT2D eigenvalue weighted by Crippen LogP contribution is -2.34. The number of hydrogen-bond acceptors (Lipinski definition) is 4. The Morgan fingerprint density at radius 2 is 1.58 bits per heavy atom. The molecule has 2 N–H and O–H groups in total. The SMILES string of the molecule is COc1ccccc1NS(=O)(=O)c1cc(NC(=O)C(C)(C)c2ccccc2)ccc1C. The Kier molecular flexibility index (Phi) is 6.36. The molecule has 0 aliphatic rings. The van der Waals surface area contributed by atoms with Crippen LogP contribution in [0.4, 0.5) is 11.4 Å². The highest BCUT2D eigenvalue weighted by molar-refractivity contribution is 7.92. The number of para-hydroxylation sites is 2. The Morgan fingerprint density at radius 3 is 2.26 bits per heavy atom. The molecule has 0 fully saturated rings. The molecule has 0 saturated heterocycles. The van der Waals surface area contributed by atoms with Crippen LogP contribution in [-0.4, -0.2) is 21.4 Å². The van der Waals surface area contributed by atoms with E-state index in [2.05, 4.69) is 10.0 Å². The van der Waals surface area contributed by atoms with E-state index in [1.54, 1.807) is 43.3 Å². The van der Waals surface area contributed by atoms with Crippen LogP contribution in [0, 0.1) is 6.92 Å². The second-order valence-corrected chi connectivity index (χ2v) is 9.38. The molecule has 3 aromatic carbocycles. The summed E-state index contributed by atoms with van der Waals surface area (Å²) in [5.74, 6) is 0.182. The third-order valence-electron chi connectivity index (χ3n) is 5.15. The summed E-state index contributed by atoms with van der Waals surface area (Å²) < 4.78 is 33.9. The molecule has 0 aliphatic heterocycles. The number of benzene rings is 3. The Balaban J connectivity index is 1.88. The number of amides is 1. The predicted molar refractivity (Wildman–Crippen MR) is 123 cm³/mol. The largest absolute Gasteiger partial charge is 0.495 e. The summed E-state index contributed by atoms with van der Waals surface area (Å²) in [4.78, 5) is 13.0. The number of aryl methyl sites for hydroxylation is 1. The van der Waals surface area contributed by atoms with Crippen LogP contribution in [0.2, 0.25) is 0 Å². The third kappa shape index (κ3) is 4.88. The number of ether oxygens (including phenoxy) is 1. The number of methoxy groups -OCH3 is 1. The number of carbonyl (C=O) groups is 1. The fraction of sp³-hybridized carbons (Fsp3) is 0.208. The Hall–Kier alpha value is -3.32. The molecule has 0 saturated carbocycles. The maximum atomic E-state index is 13.1. The molecule has 162 valence electrons. The second kappa shape index (κ2) is 8.81. The fourth-order valence-electron chi connectivity index (χ4n) is 3.17. The van der Waals surface area contributed by atoms with Gasteiger partial charge in [-0.25, -0.2) is 8.42 Å². The van der Waals surface area contributed by atoms with Crippen LogP contribution in [0.1, 0.15) is 25.0 Å². The van der Waals surface area contributed by atoms with Crippen LogP contribution in [0.3, 0.4) is 0 Å². The average Bonchev–Trinajstić information content (AvgIpc) is 2.75. The quantitative estimate of drug-likeness (QED) is 0.559. The summed E-state index contributed by atoms with van der Waals surface area (Å²) in [6, 6.07) is 21.0. The molecule has 0 radical (unpaired) electrons. The number of carbonyl (C=O) groups excluding carboxylic acids is 1. The highest BCUT2D eigenvalue weighted by Crippen LogP contribution is 2.29. The van der Waals surface area contributed by atoms with E-state index in [0.717, 1.165) is 5.56 Å². The van der Waals surface area contributed by atoms with Crippen LogP contribution >= 0.6 is 0 Å². The van der Waals surface area contributed by atoms with Gasteiger partial charge in [0.1, 0.15) is 5.75 Å². The topological polar surface area (TPSA) is 84.5 Å². The van der Waals surface area contributed by atoms with Crippen molar-refractivity contribution in [2.24, 2.45) is 0 Å². The molecule has 0 atom stereocenters. The fourth-order valence-corrected chi connectivity index (χ4v) is 4.51. The van der Waals surface area contributed by atoms with Gasteiger partial charge in [-0.3, -0.25) is 9.52 Å². The zero-order chi connectivity index (χ0) is 22.6. The third-order valence-corrected chi connectivity index (χ3v) is 6.66. The van der Waals surface area contributed by atoms with Gasteiger partial charge in [0.05, 0.1) is 23.1 Å². The van der Waals surface area contributed by atoms with Crippen molar-refractivity contribution in [2.45, 2.75) is 31.1 Å². The molecule has 6 nitrogen and oxygen atoms in total. The molecular formula is C24H26N2O4S. The van der Waals surface area contributed by atoms with Gasteiger partial charge in [-0.15, -0.1) is 0 Å². The van der Waals surface area contributed by atoms with Crippen LogP contribution < -0.4 is 14.8 Å². The van der Waals surface area contributed by atoms with E-state index in [0.29, 0.717) is 22.7 Å². The van der Waals surface area contributed by atoms with Crippen molar-refractivity contribution in [1.29, 1.82) is 0 Å². The standard InChI is InChI=1S/C24H26N2O4S/c1-17-14-15-19(25-23(27)24(2,3)18-10-6-5-7-11-18)16-22(17)31(28,29)26-20-12-8-9-13-21(20)30-4/h5-16,26H,1-4H3,(H,25,27). The number of sulfonamides is 1. The van der Waals surface area contributed by atoms with Gasteiger partial charge < -0.3 is 10.1 Å². The van der Waals surface area contributed by atoms with Crippen molar-refractivity contribution < 1.29 is 17.9 Å². The molecule has 0 aliphatic carbocycles. The van der Waals surface area contributed by atoms with Crippen molar-refractivity contribution in [3.63, 3.8) is 0 Å². The summed E-state index contributed by atoms with van der Waals surface area (Å²) in [6.45, 7) is 5.36. The number of hydrogen-bond donors (Lipinski definition) is 2. The molecule has 7 heteroatoms. The van der Waals surface area contributed by atoms with Crippen LogP contribution in [-0.2, 0) is 20.2 Å². The summed E-state index contributed by atoms with van der Waals surface area (Å²) in [5.41, 5.74) is 1.37. The van der Waals surface area contributed by atoms with E-state index in [-0.39, 0.29) is 10.8 Å². The number of nitrogens with one attached hydrogen (secondary N) is 2. The lowest BCUT2D eigenvalue weighted by Gasteiger charge is -2.24. The molecular weight excluding hydrogens is 412 g/mol. The first-order chi connectivity index (χ1) is 14.6. The minimum atomic E-state index is -3.90. The zero-order valence-electron chi connectivity index (χ0n) is 18.0. The van der Waals surface area contributed by atoms with Gasteiger partial charge in [-0.1, -0.05) is 48.5 Å². The van der Waals surface area contributed by atoms with Crippen molar-refractivity contribution >= 4 is 27.3 Å². The summed E-state index contributed by atoms with van der Waals surface area (Å²) >= 11 is 0. The minimum absolute atomic E-state index is 0.0775. The first kappa shape index (κ1) is 22.4. The van der Waals surface area contributed by atoms with E-state index in [1.165, 1.54) is 13.2 Å². The highest BCUT2D eigenvalue weighted by Gasteiger charge is 2.30. The molecule has 0 bridgehead atoms.